The van der Waals surface area contributed by atoms with E-state index in [1.54, 1.807) is 0 Å². The summed E-state index contributed by atoms with van der Waals surface area (Å²) in [7, 11) is -10.2. The van der Waals surface area contributed by atoms with E-state index in [-0.39, 0.29) is 0 Å². The van der Waals surface area contributed by atoms with Crippen molar-refractivity contribution >= 4 is 21.6 Å². The topological polar surface area (TPSA) is 69.2 Å². The summed E-state index contributed by atoms with van der Waals surface area (Å²) >= 11 is 0. The number of benzene rings is 1. The van der Waals surface area contributed by atoms with Crippen LogP contribution in [0.4, 0.5) is 35.2 Å². The molecule has 0 aliphatic carbocycles. The summed E-state index contributed by atoms with van der Waals surface area (Å²) in [4.78, 5) is 6.05. The Morgan fingerprint density at radius 3 is 2.00 bits per heavy atom. The number of nitro benzene ring substituents is 1. The molecule has 11 heteroatoms. The molecule has 4 nitrogen and oxygen atoms in total. The molecular formula is C6H4F6N2O2S. The Morgan fingerprint density at radius 2 is 1.65 bits per heavy atom. The van der Waals surface area contributed by atoms with Crippen LogP contribution < -0.4 is 5.73 Å². The molecule has 0 saturated carbocycles. The van der Waals surface area contributed by atoms with E-state index in [4.69, 9.17) is 5.73 Å². The lowest BCUT2D eigenvalue weighted by Gasteiger charge is -2.40. The summed E-state index contributed by atoms with van der Waals surface area (Å²) in [6.45, 7) is 0. The number of anilines is 1. The normalized spacial score (nSPS) is 16.1. The minimum atomic E-state index is -10.2. The Morgan fingerprint density at radius 1 is 1.18 bits per heavy atom. The van der Waals surface area contributed by atoms with Gasteiger partial charge in [-0.25, -0.2) is 4.39 Å². The highest BCUT2D eigenvalue weighted by Gasteiger charge is 2.66. The van der Waals surface area contributed by atoms with E-state index >= 15 is 0 Å². The number of nitrogens with two attached hydrogens (primary N) is 1. The second-order valence-electron chi connectivity index (χ2n) is 3.06. The summed E-state index contributed by atoms with van der Waals surface area (Å²) in [5, 5.41) is 10.2. The first-order valence-electron chi connectivity index (χ1n) is 3.70. The quantitative estimate of drug-likeness (QED) is 0.386. The van der Waals surface area contributed by atoms with Crippen molar-refractivity contribution in [2.24, 2.45) is 0 Å². The van der Waals surface area contributed by atoms with Gasteiger partial charge in [-0.05, 0) is 6.07 Å². The zero-order chi connectivity index (χ0) is 13.7. The largest absolute Gasteiger partial charge is 0.391 e. The molecule has 17 heavy (non-hydrogen) atoms. The minimum absolute atomic E-state index is 0.486. The SMILES string of the molecule is Nc1c(F)cc(S(F)(F)(F)(F)F)cc1[N+](=O)[O-]. The molecule has 98 valence electrons. The number of halogens is 6. The van der Waals surface area contributed by atoms with Crippen molar-refractivity contribution in [2.75, 3.05) is 5.73 Å². The third-order valence-electron chi connectivity index (χ3n) is 1.72. The third-order valence-corrected chi connectivity index (χ3v) is 2.85. The van der Waals surface area contributed by atoms with Crippen molar-refractivity contribution in [1.29, 1.82) is 0 Å². The third kappa shape index (κ3) is 2.72. The highest BCUT2D eigenvalue weighted by atomic mass is 32.5. The van der Waals surface area contributed by atoms with Crippen LogP contribution in [-0.2, 0) is 0 Å². The van der Waals surface area contributed by atoms with Gasteiger partial charge in [-0.3, -0.25) is 10.1 Å². The number of hydrogen-bond acceptors (Lipinski definition) is 3. The fourth-order valence-corrected chi connectivity index (χ4v) is 1.61. The minimum Gasteiger partial charge on any atom is -0.391 e. The number of hydrogen-bond donors (Lipinski definition) is 1. The second kappa shape index (κ2) is 2.78. The summed E-state index contributed by atoms with van der Waals surface area (Å²) in [6.07, 6.45) is 0. The Bertz CT molecular complexity index is 513. The first-order valence-corrected chi connectivity index (χ1v) is 5.65. The highest BCUT2D eigenvalue weighted by molar-refractivity contribution is 8.45. The number of rotatable bonds is 2. The van der Waals surface area contributed by atoms with Crippen LogP contribution in [0.3, 0.4) is 0 Å². The Kier molecular flexibility index (Phi) is 2.19. The van der Waals surface area contributed by atoms with E-state index < -0.39 is 49.4 Å². The van der Waals surface area contributed by atoms with Gasteiger partial charge in [-0.2, -0.15) is 0 Å². The maximum absolute atomic E-state index is 12.8. The Balaban J connectivity index is 3.68. The van der Waals surface area contributed by atoms with Crippen LogP contribution in [-0.4, -0.2) is 4.92 Å². The Labute approximate surface area is 89.9 Å². The monoisotopic (exact) mass is 282 g/mol. The summed E-state index contributed by atoms with van der Waals surface area (Å²) in [6, 6.07) is -1.05. The molecule has 0 heterocycles. The van der Waals surface area contributed by atoms with Gasteiger partial charge < -0.3 is 5.73 Å². The molecule has 0 aromatic heterocycles. The summed E-state index contributed by atoms with van der Waals surface area (Å²) in [5.74, 6) is -1.93. The lowest BCUT2D eigenvalue weighted by Crippen LogP contribution is -2.09. The van der Waals surface area contributed by atoms with E-state index in [1.165, 1.54) is 0 Å². The van der Waals surface area contributed by atoms with Gasteiger partial charge in [0.05, 0.1) is 4.92 Å². The van der Waals surface area contributed by atoms with Crippen molar-refractivity contribution in [3.63, 3.8) is 0 Å². The molecule has 0 amide bonds. The first-order chi connectivity index (χ1) is 7.22. The van der Waals surface area contributed by atoms with Crippen molar-refractivity contribution in [3.8, 4) is 0 Å². The molecule has 0 aliphatic heterocycles. The average Bonchev–Trinajstić information content (AvgIpc) is 2.04. The lowest BCUT2D eigenvalue weighted by molar-refractivity contribution is -0.384. The van der Waals surface area contributed by atoms with Gasteiger partial charge in [-0.1, -0.05) is 19.4 Å². The van der Waals surface area contributed by atoms with Crippen LogP contribution >= 0.6 is 10.2 Å². The fourth-order valence-electron chi connectivity index (χ4n) is 0.953. The molecule has 0 unspecified atom stereocenters. The van der Waals surface area contributed by atoms with E-state index in [1.807, 2.05) is 0 Å². The van der Waals surface area contributed by atoms with Crippen LogP contribution in [0.2, 0.25) is 0 Å². The molecule has 1 aromatic rings. The van der Waals surface area contributed by atoms with E-state index in [2.05, 4.69) is 0 Å². The van der Waals surface area contributed by atoms with Crippen molar-refractivity contribution in [2.45, 2.75) is 4.90 Å². The van der Waals surface area contributed by atoms with Gasteiger partial charge in [0.15, 0.2) is 5.82 Å². The standard InChI is InChI=1S/C6H4F6N2O2S/c7-4-1-3(17(8,9,10,11)12)2-5(6(4)13)14(15)16/h1-2H,13H2. The van der Waals surface area contributed by atoms with Gasteiger partial charge in [0, 0.05) is 6.07 Å². The zero-order valence-corrected chi connectivity index (χ0v) is 8.49. The van der Waals surface area contributed by atoms with Crippen molar-refractivity contribution in [3.05, 3.63) is 28.1 Å². The van der Waals surface area contributed by atoms with E-state index in [0.717, 1.165) is 0 Å². The predicted molar refractivity (Wildman–Crippen MR) is 48.9 cm³/mol. The molecular weight excluding hydrogens is 278 g/mol. The molecule has 0 atom stereocenters. The Hall–Kier alpha value is -1.65. The van der Waals surface area contributed by atoms with Gasteiger partial charge in [-0.15, -0.1) is 0 Å². The maximum Gasteiger partial charge on any atom is 0.310 e. The summed E-state index contributed by atoms with van der Waals surface area (Å²) < 4.78 is 74.2. The van der Waals surface area contributed by atoms with Crippen LogP contribution in [0.5, 0.6) is 0 Å². The number of nitrogen functional groups attached to an aromatic ring is 1. The molecule has 1 aromatic carbocycles. The first kappa shape index (κ1) is 13.4. The molecule has 0 radical (unpaired) electrons. The number of nitro groups is 1. The average molecular weight is 282 g/mol. The zero-order valence-electron chi connectivity index (χ0n) is 7.67. The second-order valence-corrected chi connectivity index (χ2v) is 5.47. The molecule has 2 N–H and O–H groups in total. The lowest BCUT2D eigenvalue weighted by atomic mass is 10.2. The smallest absolute Gasteiger partial charge is 0.310 e. The van der Waals surface area contributed by atoms with E-state index in [9.17, 15) is 33.9 Å². The molecule has 0 fully saturated rings. The summed E-state index contributed by atoms with van der Waals surface area (Å²) in [5.41, 5.74) is 1.97. The van der Waals surface area contributed by atoms with E-state index in [0.29, 0.717) is 0 Å². The molecule has 0 bridgehead atoms. The van der Waals surface area contributed by atoms with Crippen LogP contribution in [0.1, 0.15) is 0 Å². The van der Waals surface area contributed by atoms with Crippen LogP contribution in [0, 0.1) is 15.9 Å². The van der Waals surface area contributed by atoms with Crippen molar-refractivity contribution in [1.82, 2.24) is 0 Å². The highest BCUT2D eigenvalue weighted by Crippen LogP contribution is 3.02. The molecule has 0 saturated heterocycles. The number of nitrogens with zero attached hydrogens (tertiary/aromatic N) is 1. The van der Waals surface area contributed by atoms with Gasteiger partial charge in [0.1, 0.15) is 10.6 Å². The molecule has 1 rings (SSSR count). The fraction of sp³-hybridized carbons (Fsp3) is 0. The van der Waals surface area contributed by atoms with Gasteiger partial charge >= 0.3 is 10.2 Å². The van der Waals surface area contributed by atoms with Crippen molar-refractivity contribution < 1.29 is 28.7 Å². The van der Waals surface area contributed by atoms with Crippen LogP contribution in [0.15, 0.2) is 17.0 Å². The maximum atomic E-state index is 12.8. The predicted octanol–water partition coefficient (Wildman–Crippen LogP) is 3.97. The van der Waals surface area contributed by atoms with Gasteiger partial charge in [0.25, 0.3) is 5.69 Å². The van der Waals surface area contributed by atoms with Gasteiger partial charge in [0.2, 0.25) is 0 Å². The molecule has 0 spiro atoms. The molecule has 0 aliphatic rings. The van der Waals surface area contributed by atoms with Crippen LogP contribution in [0.25, 0.3) is 0 Å².